The highest BCUT2D eigenvalue weighted by molar-refractivity contribution is 5.94. The van der Waals surface area contributed by atoms with E-state index in [-0.39, 0.29) is 12.5 Å². The van der Waals surface area contributed by atoms with Crippen LogP contribution < -0.4 is 15.0 Å². The van der Waals surface area contributed by atoms with Crippen molar-refractivity contribution in [2.24, 2.45) is 0 Å². The van der Waals surface area contributed by atoms with Gasteiger partial charge in [-0.05, 0) is 48.9 Å². The molecule has 1 unspecified atom stereocenters. The zero-order chi connectivity index (χ0) is 19.1. The summed E-state index contributed by atoms with van der Waals surface area (Å²) in [4.78, 5) is 14.5. The number of hydrogen-bond acceptors (Lipinski definition) is 5. The lowest BCUT2D eigenvalue weighted by molar-refractivity contribution is 0.0916. The summed E-state index contributed by atoms with van der Waals surface area (Å²) in [5.74, 6) is 0.511. The van der Waals surface area contributed by atoms with Crippen LogP contribution in [0.5, 0.6) is 5.75 Å². The molecule has 1 aliphatic rings. The monoisotopic (exact) mass is 370 g/mol. The summed E-state index contributed by atoms with van der Waals surface area (Å²) in [6, 6.07) is 14.7. The van der Waals surface area contributed by atoms with E-state index in [9.17, 15) is 9.90 Å². The average molecular weight is 370 g/mol. The Morgan fingerprint density at radius 1 is 1.15 bits per heavy atom. The summed E-state index contributed by atoms with van der Waals surface area (Å²) in [5.41, 5.74) is 2.43. The number of anilines is 1. The molecular formula is C21H26N2O4. The second-order valence-electron chi connectivity index (χ2n) is 6.37. The first-order valence-corrected chi connectivity index (χ1v) is 9.29. The van der Waals surface area contributed by atoms with Crippen LogP contribution in [0, 0.1) is 0 Å². The second kappa shape index (κ2) is 9.39. The molecular weight excluding hydrogens is 344 g/mol. The van der Waals surface area contributed by atoms with Crippen LogP contribution in [0.2, 0.25) is 0 Å². The van der Waals surface area contributed by atoms with Gasteiger partial charge in [-0.2, -0.15) is 0 Å². The zero-order valence-corrected chi connectivity index (χ0v) is 15.6. The van der Waals surface area contributed by atoms with Crippen molar-refractivity contribution in [1.82, 2.24) is 5.32 Å². The van der Waals surface area contributed by atoms with Gasteiger partial charge in [-0.3, -0.25) is 4.79 Å². The molecule has 1 amide bonds. The number of morpholine rings is 1. The second-order valence-corrected chi connectivity index (χ2v) is 6.37. The fraction of sp³-hybridized carbons (Fsp3) is 0.381. The summed E-state index contributed by atoms with van der Waals surface area (Å²) in [5, 5.41) is 13.1. The lowest BCUT2D eigenvalue weighted by atomic mass is 10.1. The van der Waals surface area contributed by atoms with E-state index in [4.69, 9.17) is 9.47 Å². The fourth-order valence-electron chi connectivity index (χ4n) is 3.01. The lowest BCUT2D eigenvalue weighted by Gasteiger charge is -2.29. The molecule has 1 heterocycles. The molecule has 1 fully saturated rings. The number of carbonyl (C=O) groups is 1. The van der Waals surface area contributed by atoms with Crippen molar-refractivity contribution >= 4 is 11.6 Å². The molecule has 1 atom stereocenters. The number of nitrogens with one attached hydrogen (secondary N) is 1. The zero-order valence-electron chi connectivity index (χ0n) is 15.6. The van der Waals surface area contributed by atoms with Gasteiger partial charge >= 0.3 is 0 Å². The van der Waals surface area contributed by atoms with Crippen molar-refractivity contribution in [2.75, 3.05) is 44.4 Å². The van der Waals surface area contributed by atoms with Crippen LogP contribution in [0.3, 0.4) is 0 Å². The number of amides is 1. The number of aliphatic hydroxyl groups excluding tert-OH is 1. The Hall–Kier alpha value is -2.57. The third-order valence-corrected chi connectivity index (χ3v) is 4.54. The Kier molecular flexibility index (Phi) is 6.68. The Labute approximate surface area is 159 Å². The third kappa shape index (κ3) is 5.21. The topological polar surface area (TPSA) is 71.0 Å². The van der Waals surface area contributed by atoms with Crippen LogP contribution in [0.1, 0.15) is 28.9 Å². The maximum atomic E-state index is 12.2. The van der Waals surface area contributed by atoms with Gasteiger partial charge in [0.05, 0.1) is 25.9 Å². The van der Waals surface area contributed by atoms with Gasteiger partial charge in [0.2, 0.25) is 0 Å². The number of ether oxygens (including phenoxy) is 2. The number of hydrogen-bond donors (Lipinski definition) is 2. The molecule has 144 valence electrons. The van der Waals surface area contributed by atoms with Crippen LogP contribution >= 0.6 is 0 Å². The lowest BCUT2D eigenvalue weighted by Crippen LogP contribution is -2.36. The minimum atomic E-state index is -0.754. The van der Waals surface area contributed by atoms with E-state index in [1.807, 2.05) is 31.2 Å². The van der Waals surface area contributed by atoms with E-state index in [1.165, 1.54) is 0 Å². The molecule has 1 aliphatic heterocycles. The molecule has 27 heavy (non-hydrogen) atoms. The van der Waals surface area contributed by atoms with Gasteiger partial charge in [0, 0.05) is 30.9 Å². The van der Waals surface area contributed by atoms with Crippen LogP contribution in [0.4, 0.5) is 5.69 Å². The molecule has 2 N–H and O–H groups in total. The fourth-order valence-corrected chi connectivity index (χ4v) is 3.01. The molecule has 0 aromatic heterocycles. The number of carbonyl (C=O) groups excluding carboxylic acids is 1. The molecule has 0 bridgehead atoms. The maximum absolute atomic E-state index is 12.2. The van der Waals surface area contributed by atoms with Crippen LogP contribution in [-0.4, -0.2) is 50.5 Å². The Balaban J connectivity index is 1.52. The molecule has 6 nitrogen and oxygen atoms in total. The summed E-state index contributed by atoms with van der Waals surface area (Å²) in [6.45, 7) is 5.88. The molecule has 2 aromatic rings. The molecule has 0 aliphatic carbocycles. The van der Waals surface area contributed by atoms with Gasteiger partial charge in [-0.1, -0.05) is 12.1 Å². The minimum absolute atomic E-state index is 0.156. The summed E-state index contributed by atoms with van der Waals surface area (Å²) in [7, 11) is 0. The molecule has 2 aromatic carbocycles. The normalized spacial score (nSPS) is 15.3. The summed E-state index contributed by atoms with van der Waals surface area (Å²) < 4.78 is 10.7. The maximum Gasteiger partial charge on any atom is 0.251 e. The largest absolute Gasteiger partial charge is 0.494 e. The van der Waals surface area contributed by atoms with Gasteiger partial charge in [0.25, 0.3) is 5.91 Å². The number of rotatable bonds is 7. The van der Waals surface area contributed by atoms with E-state index in [0.29, 0.717) is 12.2 Å². The first-order valence-electron chi connectivity index (χ1n) is 9.29. The van der Waals surface area contributed by atoms with Crippen molar-refractivity contribution in [3.63, 3.8) is 0 Å². The Bertz CT molecular complexity index is 725. The first kappa shape index (κ1) is 19.2. The van der Waals surface area contributed by atoms with Crippen molar-refractivity contribution in [2.45, 2.75) is 13.0 Å². The average Bonchev–Trinajstić information content (AvgIpc) is 2.73. The number of benzene rings is 2. The van der Waals surface area contributed by atoms with E-state index in [1.54, 1.807) is 24.3 Å². The number of nitrogens with zero attached hydrogens (tertiary/aromatic N) is 1. The SMILES string of the molecule is CCOc1ccc(C(=O)NCC(O)c2ccc(N3CCOCC3)cc2)cc1. The van der Waals surface area contributed by atoms with Gasteiger partial charge < -0.3 is 24.8 Å². The quantitative estimate of drug-likeness (QED) is 0.783. The van der Waals surface area contributed by atoms with Crippen molar-refractivity contribution in [3.05, 3.63) is 59.7 Å². The highest BCUT2D eigenvalue weighted by Crippen LogP contribution is 2.20. The van der Waals surface area contributed by atoms with Gasteiger partial charge in [0.15, 0.2) is 0 Å². The van der Waals surface area contributed by atoms with E-state index >= 15 is 0 Å². The molecule has 3 rings (SSSR count). The van der Waals surface area contributed by atoms with E-state index < -0.39 is 6.10 Å². The molecule has 1 saturated heterocycles. The highest BCUT2D eigenvalue weighted by atomic mass is 16.5. The highest BCUT2D eigenvalue weighted by Gasteiger charge is 2.14. The van der Waals surface area contributed by atoms with Gasteiger partial charge in [-0.15, -0.1) is 0 Å². The van der Waals surface area contributed by atoms with Crippen molar-refractivity contribution < 1.29 is 19.4 Å². The minimum Gasteiger partial charge on any atom is -0.494 e. The van der Waals surface area contributed by atoms with Gasteiger partial charge in [-0.25, -0.2) is 0 Å². The molecule has 6 heteroatoms. The Morgan fingerprint density at radius 2 is 1.81 bits per heavy atom. The predicted octanol–water partition coefficient (Wildman–Crippen LogP) is 2.39. The van der Waals surface area contributed by atoms with Crippen LogP contribution in [-0.2, 0) is 4.74 Å². The van der Waals surface area contributed by atoms with E-state index in [0.717, 1.165) is 43.3 Å². The molecule has 0 spiro atoms. The third-order valence-electron chi connectivity index (χ3n) is 4.54. The molecule has 0 saturated carbocycles. The summed E-state index contributed by atoms with van der Waals surface area (Å²) in [6.07, 6.45) is -0.754. The smallest absolute Gasteiger partial charge is 0.251 e. The van der Waals surface area contributed by atoms with E-state index in [2.05, 4.69) is 10.2 Å². The summed E-state index contributed by atoms with van der Waals surface area (Å²) >= 11 is 0. The Morgan fingerprint density at radius 3 is 2.44 bits per heavy atom. The number of aliphatic hydroxyl groups is 1. The standard InChI is InChI=1S/C21H26N2O4/c1-2-27-19-9-5-17(6-10-19)21(25)22-15-20(24)16-3-7-18(8-4-16)23-11-13-26-14-12-23/h3-10,20,24H,2,11-15H2,1H3,(H,22,25). The van der Waals surface area contributed by atoms with Crippen LogP contribution in [0.15, 0.2) is 48.5 Å². The van der Waals surface area contributed by atoms with Crippen LogP contribution in [0.25, 0.3) is 0 Å². The van der Waals surface area contributed by atoms with Crippen molar-refractivity contribution in [3.8, 4) is 5.75 Å². The predicted molar refractivity (Wildman–Crippen MR) is 104 cm³/mol. The van der Waals surface area contributed by atoms with Crippen molar-refractivity contribution in [1.29, 1.82) is 0 Å². The molecule has 0 radical (unpaired) electrons. The van der Waals surface area contributed by atoms with Gasteiger partial charge in [0.1, 0.15) is 5.75 Å². The first-order chi connectivity index (χ1) is 13.2.